The molecule has 0 radical (unpaired) electrons. The molecule has 5 aliphatic rings. The molecule has 3 aromatic heterocycles. The number of pyridine rings is 1. The number of anilines is 1. The first-order valence-electron chi connectivity index (χ1n) is 19.8. The van der Waals surface area contributed by atoms with Crippen LogP contribution in [-0.2, 0) is 9.47 Å². The molecule has 3 saturated heterocycles. The number of rotatable bonds is 7. The summed E-state index contributed by atoms with van der Waals surface area (Å²) in [6.45, 7) is 10.4. The second-order valence-corrected chi connectivity index (χ2v) is 16.2. The summed E-state index contributed by atoms with van der Waals surface area (Å²) in [4.78, 5) is 19.1. The maximum atomic E-state index is 17.2. The van der Waals surface area contributed by atoms with Crippen molar-refractivity contribution in [3.05, 3.63) is 28.7 Å². The number of nitrogens with one attached hydrogen (secondary N) is 1. The van der Waals surface area contributed by atoms with E-state index in [4.69, 9.17) is 45.5 Å². The highest BCUT2D eigenvalue weighted by Gasteiger charge is 2.55. The lowest BCUT2D eigenvalue weighted by Crippen LogP contribution is -2.61. The van der Waals surface area contributed by atoms with Crippen molar-refractivity contribution in [3.8, 4) is 23.1 Å². The zero-order valence-corrected chi connectivity index (χ0v) is 32.7. The molecule has 2 saturated carbocycles. The lowest BCUT2D eigenvalue weighted by atomic mass is 9.60. The Kier molecular flexibility index (Phi) is 10.6. The summed E-state index contributed by atoms with van der Waals surface area (Å²) in [6.07, 6.45) is 11.4. The summed E-state index contributed by atoms with van der Waals surface area (Å²) < 4.78 is 41.1. The van der Waals surface area contributed by atoms with Gasteiger partial charge in [0.1, 0.15) is 22.4 Å². The van der Waals surface area contributed by atoms with Gasteiger partial charge >= 0.3 is 6.01 Å². The summed E-state index contributed by atoms with van der Waals surface area (Å²) >= 11 is 6.64. The van der Waals surface area contributed by atoms with E-state index in [0.717, 1.165) is 51.9 Å². The minimum Gasteiger partial charge on any atom is -0.480 e. The van der Waals surface area contributed by atoms with E-state index in [9.17, 15) is 5.11 Å². The Bertz CT molecular complexity index is 1980. The van der Waals surface area contributed by atoms with Crippen molar-refractivity contribution in [2.75, 3.05) is 64.7 Å². The molecule has 3 atom stereocenters. The minimum atomic E-state index is -0.762. The molecule has 0 amide bonds. The number of aliphatic hydroxyl groups excluding tert-OH is 1. The van der Waals surface area contributed by atoms with Crippen molar-refractivity contribution in [3.63, 3.8) is 0 Å². The van der Waals surface area contributed by atoms with Gasteiger partial charge in [-0.1, -0.05) is 31.9 Å². The molecule has 6 heterocycles. The van der Waals surface area contributed by atoms with Gasteiger partial charge in [-0.25, -0.2) is 9.37 Å². The van der Waals surface area contributed by atoms with Gasteiger partial charge in [0.25, 0.3) is 0 Å². The fourth-order valence-corrected chi connectivity index (χ4v) is 10.3. The summed E-state index contributed by atoms with van der Waals surface area (Å²) in [6, 6.07) is 2.93. The number of H-pyrrole nitrogens is 1. The number of nitrogens with zero attached hydrogens (tertiary/aromatic N) is 6. The monoisotopic (exact) mass is 765 g/mol. The first-order valence-corrected chi connectivity index (χ1v) is 20.2. The zero-order valence-electron chi connectivity index (χ0n) is 31.9. The van der Waals surface area contributed by atoms with E-state index in [2.05, 4.69) is 15.1 Å². The van der Waals surface area contributed by atoms with E-state index >= 15 is 4.39 Å². The molecule has 2 N–H and O–H groups in total. The van der Waals surface area contributed by atoms with Gasteiger partial charge in [0.15, 0.2) is 5.82 Å². The lowest BCUT2D eigenvalue weighted by molar-refractivity contribution is -0.112. The largest absolute Gasteiger partial charge is 0.480 e. The Morgan fingerprint density at radius 2 is 1.85 bits per heavy atom. The number of hydrogen-bond acceptors (Lipinski definition) is 11. The standard InChI is InChI=1S/C38H47ClFN7O5.C2H6/c1-22-26(39)15-27-25(18-41-45-27)29(22)32-31(40)33-30(35(42-32)49-2)34(46-11-14-51-20-24(48)19-46)44-36(43-33)52-21-38-6-3-5-28(38)47(10-4-7-38)23-16-37(17-23)8-12-50-13-9-37;1-2/h15,18,23-24,28,48H,3-14,16-17,19-21H2,1-2H3,(H,41,45);1-2H3. The SMILES string of the molecule is CC.COc1nc(-c2c(C)c(Cl)cc3[nH]ncc23)c(F)c2nc(OCC34CCCC3N(C3CC5(CCOCC5)C3)CCC4)nc(N3CCOCC(O)C3)c12. The summed E-state index contributed by atoms with van der Waals surface area (Å²) in [7, 11) is 1.50. The zero-order chi connectivity index (χ0) is 37.6. The third-order valence-corrected chi connectivity index (χ3v) is 13.2. The number of benzene rings is 1. The van der Waals surface area contributed by atoms with Crippen LogP contribution in [0.1, 0.15) is 77.2 Å². The first kappa shape index (κ1) is 37.6. The number of fused-ring (bicyclic) bond motifs is 3. The lowest BCUT2D eigenvalue weighted by Gasteiger charge is -2.58. The molecule has 2 aliphatic carbocycles. The molecule has 54 heavy (non-hydrogen) atoms. The van der Waals surface area contributed by atoms with Crippen molar-refractivity contribution in [2.45, 2.75) is 96.7 Å². The van der Waals surface area contributed by atoms with Gasteiger partial charge in [-0.3, -0.25) is 10.00 Å². The Hall–Kier alpha value is -3.36. The van der Waals surface area contributed by atoms with Crippen molar-refractivity contribution in [1.29, 1.82) is 0 Å². The van der Waals surface area contributed by atoms with Gasteiger partial charge < -0.3 is 29.0 Å². The van der Waals surface area contributed by atoms with E-state index in [1.54, 1.807) is 12.3 Å². The van der Waals surface area contributed by atoms with Gasteiger partial charge in [0, 0.05) is 59.8 Å². The molecule has 1 aromatic carbocycles. The van der Waals surface area contributed by atoms with E-state index < -0.39 is 11.9 Å². The number of hydrogen-bond donors (Lipinski definition) is 2. The molecule has 0 bridgehead atoms. The average Bonchev–Trinajstić information content (AvgIpc) is 3.77. The van der Waals surface area contributed by atoms with Crippen LogP contribution in [0.4, 0.5) is 10.2 Å². The molecular weight excluding hydrogens is 713 g/mol. The molecular formula is C40H53ClFN7O5. The molecule has 14 heteroatoms. The molecule has 4 aromatic rings. The Morgan fingerprint density at radius 1 is 1.06 bits per heavy atom. The van der Waals surface area contributed by atoms with Crippen molar-refractivity contribution >= 4 is 39.2 Å². The van der Waals surface area contributed by atoms with Crippen LogP contribution in [0.2, 0.25) is 5.02 Å². The van der Waals surface area contributed by atoms with Crippen LogP contribution in [0.3, 0.4) is 0 Å². The van der Waals surface area contributed by atoms with Gasteiger partial charge in [-0.2, -0.15) is 15.1 Å². The number of halogens is 2. The summed E-state index contributed by atoms with van der Waals surface area (Å²) in [5, 5.41) is 19.3. The van der Waals surface area contributed by atoms with Crippen molar-refractivity contribution < 1.29 is 28.4 Å². The van der Waals surface area contributed by atoms with Crippen LogP contribution in [0.15, 0.2) is 12.3 Å². The second-order valence-electron chi connectivity index (χ2n) is 15.8. The third-order valence-electron chi connectivity index (χ3n) is 12.8. The quantitative estimate of drug-likeness (QED) is 0.204. The maximum Gasteiger partial charge on any atom is 0.319 e. The Morgan fingerprint density at radius 3 is 2.65 bits per heavy atom. The summed E-state index contributed by atoms with van der Waals surface area (Å²) in [5.74, 6) is -0.0991. The molecule has 5 fully saturated rings. The number of β-amino-alcohol motifs (C(OH)–C–C–N with tert-alkyl or cyclic N) is 1. The van der Waals surface area contributed by atoms with Crippen LogP contribution in [-0.4, -0.2) is 113 Å². The minimum absolute atomic E-state index is 0.0216. The van der Waals surface area contributed by atoms with Crippen LogP contribution in [0, 0.1) is 23.6 Å². The van der Waals surface area contributed by atoms with Crippen molar-refractivity contribution in [1.82, 2.24) is 30.0 Å². The van der Waals surface area contributed by atoms with Crippen LogP contribution in [0.25, 0.3) is 33.1 Å². The van der Waals surface area contributed by atoms with Crippen molar-refractivity contribution in [2.24, 2.45) is 10.8 Å². The molecule has 292 valence electrons. The number of aromatic nitrogens is 5. The van der Waals surface area contributed by atoms with Crippen LogP contribution in [0.5, 0.6) is 11.9 Å². The highest BCUT2D eigenvalue weighted by atomic mass is 35.5. The number of ether oxygens (including phenoxy) is 4. The topological polar surface area (TPSA) is 131 Å². The number of methoxy groups -OCH3 is 1. The second kappa shape index (κ2) is 15.3. The van der Waals surface area contributed by atoms with E-state index in [1.807, 2.05) is 25.7 Å². The fourth-order valence-electron chi connectivity index (χ4n) is 10.1. The van der Waals surface area contributed by atoms with Crippen LogP contribution >= 0.6 is 11.6 Å². The molecule has 9 rings (SSSR count). The number of aliphatic hydroxyl groups is 1. The third kappa shape index (κ3) is 6.57. The average molecular weight is 766 g/mol. The molecule has 1 spiro atoms. The van der Waals surface area contributed by atoms with E-state index in [1.165, 1.54) is 32.8 Å². The fraction of sp³-hybridized carbons (Fsp3) is 0.650. The smallest absolute Gasteiger partial charge is 0.319 e. The predicted octanol–water partition coefficient (Wildman–Crippen LogP) is 6.87. The van der Waals surface area contributed by atoms with Gasteiger partial charge in [-0.05, 0) is 81.9 Å². The van der Waals surface area contributed by atoms with Crippen LogP contribution < -0.4 is 14.4 Å². The molecule has 12 nitrogen and oxygen atoms in total. The Labute approximate surface area is 321 Å². The van der Waals surface area contributed by atoms with Gasteiger partial charge in [-0.15, -0.1) is 0 Å². The number of piperidine rings is 1. The molecule has 3 unspecified atom stereocenters. The Balaban J connectivity index is 0.00000203. The van der Waals surface area contributed by atoms with Gasteiger partial charge in [0.2, 0.25) is 5.88 Å². The highest BCUT2D eigenvalue weighted by Crippen LogP contribution is 2.56. The predicted molar refractivity (Wildman–Crippen MR) is 206 cm³/mol. The maximum absolute atomic E-state index is 17.2. The number of likely N-dealkylation sites (tertiary alicyclic amines) is 1. The highest BCUT2D eigenvalue weighted by molar-refractivity contribution is 6.33. The first-order chi connectivity index (χ1) is 26.3. The van der Waals surface area contributed by atoms with E-state index in [0.29, 0.717) is 75.5 Å². The van der Waals surface area contributed by atoms with E-state index in [-0.39, 0.29) is 41.7 Å². The normalized spacial score (nSPS) is 25.9. The summed E-state index contributed by atoms with van der Waals surface area (Å²) in [5.41, 5.74) is 2.34. The molecule has 3 aliphatic heterocycles. The van der Waals surface area contributed by atoms with Gasteiger partial charge in [0.05, 0.1) is 44.7 Å². The number of aromatic amines is 1.